The van der Waals surface area contributed by atoms with Crippen LogP contribution >= 0.6 is 22.7 Å². The third kappa shape index (κ3) is 5.47. The summed E-state index contributed by atoms with van der Waals surface area (Å²) < 4.78 is 1.20. The van der Waals surface area contributed by atoms with E-state index in [2.05, 4.69) is 20.6 Å². The Morgan fingerprint density at radius 1 is 0.765 bits per heavy atom. The van der Waals surface area contributed by atoms with Crippen LogP contribution < -0.4 is 10.6 Å². The molecule has 2 amide bonds. The van der Waals surface area contributed by atoms with Crippen LogP contribution in [0.1, 0.15) is 25.7 Å². The molecule has 0 saturated heterocycles. The lowest BCUT2D eigenvalue weighted by molar-refractivity contribution is -0.384. The maximum Gasteiger partial charge on any atom is 0.270 e. The summed E-state index contributed by atoms with van der Waals surface area (Å²) in [5.41, 5.74) is 1.04. The fourth-order valence-electron chi connectivity index (χ4n) is 3.10. The Labute approximate surface area is 198 Å². The lowest BCUT2D eigenvalue weighted by Crippen LogP contribution is -2.13. The predicted molar refractivity (Wildman–Crippen MR) is 128 cm³/mol. The second-order valence-electron chi connectivity index (χ2n) is 7.16. The molecular formula is C20H16N6O6S2. The number of nitro groups is 2. The first-order valence-electron chi connectivity index (χ1n) is 9.98. The van der Waals surface area contributed by atoms with Crippen molar-refractivity contribution in [3.8, 4) is 0 Å². The van der Waals surface area contributed by atoms with E-state index >= 15 is 0 Å². The summed E-state index contributed by atoms with van der Waals surface area (Å²) in [5, 5.41) is 27.8. The molecule has 4 rings (SSSR count). The third-order valence-electron chi connectivity index (χ3n) is 4.72. The number of benzene rings is 2. The highest BCUT2D eigenvalue weighted by Gasteiger charge is 2.14. The Hall–Kier alpha value is -4.04. The van der Waals surface area contributed by atoms with Crippen LogP contribution in [0.3, 0.4) is 0 Å². The van der Waals surface area contributed by atoms with Crippen molar-refractivity contribution in [3.63, 3.8) is 0 Å². The predicted octanol–water partition coefficient (Wildman–Crippen LogP) is 4.86. The van der Waals surface area contributed by atoms with Gasteiger partial charge in [0, 0.05) is 37.1 Å². The number of non-ortho nitro benzene ring substituents is 2. The van der Waals surface area contributed by atoms with Gasteiger partial charge in [0.25, 0.3) is 11.4 Å². The smallest absolute Gasteiger partial charge is 0.270 e. The Balaban J connectivity index is 1.22. The molecule has 0 aliphatic heterocycles. The van der Waals surface area contributed by atoms with Crippen LogP contribution in [-0.4, -0.2) is 31.6 Å². The number of rotatable bonds is 9. The first-order valence-corrected chi connectivity index (χ1v) is 11.6. The molecular weight excluding hydrogens is 484 g/mol. The number of nitrogens with one attached hydrogen (secondary N) is 2. The van der Waals surface area contributed by atoms with Gasteiger partial charge in [0.1, 0.15) is 0 Å². The molecule has 0 atom stereocenters. The minimum atomic E-state index is -0.490. The Morgan fingerprint density at radius 2 is 1.18 bits per heavy atom. The van der Waals surface area contributed by atoms with Crippen molar-refractivity contribution in [2.24, 2.45) is 0 Å². The number of nitro benzene ring substituents is 2. The highest BCUT2D eigenvalue weighted by atomic mass is 32.1. The van der Waals surface area contributed by atoms with Crippen LogP contribution in [0.25, 0.3) is 20.4 Å². The number of aromatic nitrogens is 2. The second kappa shape index (κ2) is 9.84. The van der Waals surface area contributed by atoms with Gasteiger partial charge in [0.05, 0.1) is 30.3 Å². The molecule has 2 heterocycles. The molecule has 0 spiro atoms. The van der Waals surface area contributed by atoms with Crippen LogP contribution in [0.4, 0.5) is 21.6 Å². The first kappa shape index (κ1) is 23.1. The summed E-state index contributed by atoms with van der Waals surface area (Å²) in [6.07, 6.45) is 1.33. The van der Waals surface area contributed by atoms with Gasteiger partial charge >= 0.3 is 0 Å². The molecule has 0 saturated carbocycles. The Morgan fingerprint density at radius 3 is 1.56 bits per heavy atom. The van der Waals surface area contributed by atoms with Gasteiger partial charge in [-0.25, -0.2) is 9.97 Å². The molecule has 34 heavy (non-hydrogen) atoms. The van der Waals surface area contributed by atoms with Crippen molar-refractivity contribution >= 4 is 76.6 Å². The molecule has 2 aromatic heterocycles. The maximum atomic E-state index is 12.2. The maximum absolute atomic E-state index is 12.2. The zero-order chi connectivity index (χ0) is 24.2. The highest BCUT2D eigenvalue weighted by Crippen LogP contribution is 2.30. The molecule has 2 aromatic carbocycles. The highest BCUT2D eigenvalue weighted by molar-refractivity contribution is 7.22. The summed E-state index contributed by atoms with van der Waals surface area (Å²) in [5.74, 6) is -0.525. The molecule has 0 unspecified atom stereocenters. The number of carbonyl (C=O) groups is 2. The van der Waals surface area contributed by atoms with E-state index in [1.807, 2.05) is 0 Å². The average molecular weight is 501 g/mol. The number of nitrogens with zero attached hydrogens (tertiary/aromatic N) is 4. The van der Waals surface area contributed by atoms with Gasteiger partial charge in [-0.05, 0) is 25.0 Å². The fraction of sp³-hybridized carbons (Fsp3) is 0.200. The van der Waals surface area contributed by atoms with Crippen LogP contribution in [-0.2, 0) is 9.59 Å². The quantitative estimate of drug-likeness (QED) is 0.186. The van der Waals surface area contributed by atoms with Gasteiger partial charge in [-0.2, -0.15) is 0 Å². The topological polar surface area (TPSA) is 170 Å². The van der Waals surface area contributed by atoms with Crippen LogP contribution in [0.2, 0.25) is 0 Å². The lowest BCUT2D eigenvalue weighted by Gasteiger charge is -2.02. The minimum absolute atomic E-state index is 0.0422. The monoisotopic (exact) mass is 500 g/mol. The zero-order valence-corrected chi connectivity index (χ0v) is 19.0. The number of carbonyl (C=O) groups excluding carboxylic acids is 2. The van der Waals surface area contributed by atoms with Crippen LogP contribution in [0.15, 0.2) is 36.4 Å². The second-order valence-corrected chi connectivity index (χ2v) is 9.22. The van der Waals surface area contributed by atoms with Gasteiger partial charge in [0.15, 0.2) is 10.3 Å². The van der Waals surface area contributed by atoms with E-state index in [1.165, 1.54) is 36.4 Å². The van der Waals surface area contributed by atoms with Gasteiger partial charge in [0.2, 0.25) is 11.8 Å². The number of hydrogen-bond donors (Lipinski definition) is 2. The molecule has 4 aromatic rings. The van der Waals surface area contributed by atoms with E-state index in [1.54, 1.807) is 0 Å². The summed E-state index contributed by atoms with van der Waals surface area (Å²) >= 11 is 2.30. The molecule has 0 radical (unpaired) electrons. The van der Waals surface area contributed by atoms with E-state index < -0.39 is 9.85 Å². The molecule has 0 aliphatic carbocycles. The zero-order valence-electron chi connectivity index (χ0n) is 17.3. The number of hydrogen-bond acceptors (Lipinski definition) is 10. The van der Waals surface area contributed by atoms with Crippen molar-refractivity contribution in [3.05, 3.63) is 56.6 Å². The summed E-state index contributed by atoms with van der Waals surface area (Å²) in [6, 6.07) is 8.60. The average Bonchev–Trinajstić information content (AvgIpc) is 3.37. The molecule has 12 nitrogen and oxygen atoms in total. The number of fused-ring (bicyclic) bond motifs is 2. The van der Waals surface area contributed by atoms with Crippen molar-refractivity contribution in [2.45, 2.75) is 25.7 Å². The summed E-state index contributed by atoms with van der Waals surface area (Å²) in [4.78, 5) is 53.6. The van der Waals surface area contributed by atoms with Crippen molar-refractivity contribution in [2.75, 3.05) is 10.6 Å². The normalized spacial score (nSPS) is 10.9. The lowest BCUT2D eigenvalue weighted by atomic mass is 10.2. The van der Waals surface area contributed by atoms with Crippen LogP contribution in [0, 0.1) is 20.2 Å². The first-order chi connectivity index (χ1) is 16.3. The molecule has 174 valence electrons. The standard InChI is InChI=1S/C20H16N6O6S2/c27-17(23-19-21-13-7-5-11(25(29)30)9-15(13)33-19)3-1-2-4-18(28)24-20-22-14-8-6-12(26(31)32)10-16(14)34-20/h5-10H,1-4H2,(H,21,23,27)(H,22,24,28). The summed E-state index contributed by atoms with van der Waals surface area (Å²) in [6.45, 7) is 0. The minimum Gasteiger partial charge on any atom is -0.302 e. The van der Waals surface area contributed by atoms with E-state index in [4.69, 9.17) is 0 Å². The fourth-order valence-corrected chi connectivity index (χ4v) is 4.93. The molecule has 0 aliphatic rings. The largest absolute Gasteiger partial charge is 0.302 e. The van der Waals surface area contributed by atoms with Crippen molar-refractivity contribution in [1.29, 1.82) is 0 Å². The van der Waals surface area contributed by atoms with E-state index in [9.17, 15) is 29.8 Å². The third-order valence-corrected chi connectivity index (χ3v) is 6.58. The van der Waals surface area contributed by atoms with Crippen molar-refractivity contribution in [1.82, 2.24) is 9.97 Å². The molecule has 0 bridgehead atoms. The van der Waals surface area contributed by atoms with E-state index in [0.717, 1.165) is 22.7 Å². The van der Waals surface area contributed by atoms with Gasteiger partial charge in [-0.15, -0.1) is 0 Å². The van der Waals surface area contributed by atoms with Crippen molar-refractivity contribution < 1.29 is 19.4 Å². The Kier molecular flexibility index (Phi) is 6.70. The van der Waals surface area contributed by atoms with E-state index in [0.29, 0.717) is 43.5 Å². The summed E-state index contributed by atoms with van der Waals surface area (Å²) in [7, 11) is 0. The Bertz CT molecular complexity index is 1320. The molecule has 2 N–H and O–H groups in total. The SMILES string of the molecule is O=C(CCCCC(=O)Nc1nc2ccc([N+](=O)[O-])cc2s1)Nc1nc2ccc([N+](=O)[O-])cc2s1. The van der Waals surface area contributed by atoms with Gasteiger partial charge < -0.3 is 10.6 Å². The van der Waals surface area contributed by atoms with Crippen LogP contribution in [0.5, 0.6) is 0 Å². The van der Waals surface area contributed by atoms with Gasteiger partial charge in [-0.3, -0.25) is 29.8 Å². The number of thiazole rings is 2. The van der Waals surface area contributed by atoms with Gasteiger partial charge in [-0.1, -0.05) is 22.7 Å². The van der Waals surface area contributed by atoms with E-state index in [-0.39, 0.29) is 36.0 Å². The molecule has 0 fully saturated rings. The number of unbranched alkanes of at least 4 members (excludes halogenated alkanes) is 1. The number of amides is 2. The number of anilines is 2. The molecule has 14 heteroatoms.